The van der Waals surface area contributed by atoms with Gasteiger partial charge in [-0.25, -0.2) is 0 Å². The second-order valence-electron chi connectivity index (χ2n) is 3.77. The fourth-order valence-corrected chi connectivity index (χ4v) is 2.05. The lowest BCUT2D eigenvalue weighted by Gasteiger charge is -2.21. The standard InChI is InChI=1S/C11H17NO3S/c1-2-7-16-8-10(13)12(9-3-4-9)6-5-11(14)15/h2,9H,1,3-8H2,(H,14,15). The third kappa shape index (κ3) is 4.70. The summed E-state index contributed by atoms with van der Waals surface area (Å²) in [6, 6.07) is 0.288. The first-order valence-corrected chi connectivity index (χ1v) is 6.50. The smallest absolute Gasteiger partial charge is 0.305 e. The van der Waals surface area contributed by atoms with Crippen LogP contribution in [0.1, 0.15) is 19.3 Å². The molecule has 0 radical (unpaired) electrons. The molecule has 5 heteroatoms. The molecule has 0 saturated heterocycles. The summed E-state index contributed by atoms with van der Waals surface area (Å²) < 4.78 is 0. The lowest BCUT2D eigenvalue weighted by atomic mass is 10.3. The van der Waals surface area contributed by atoms with Crippen LogP contribution in [0, 0.1) is 0 Å². The molecule has 1 N–H and O–H groups in total. The van der Waals surface area contributed by atoms with E-state index in [4.69, 9.17) is 5.11 Å². The van der Waals surface area contributed by atoms with E-state index in [1.807, 2.05) is 0 Å². The van der Waals surface area contributed by atoms with E-state index in [0.29, 0.717) is 12.3 Å². The van der Waals surface area contributed by atoms with Gasteiger partial charge in [0.05, 0.1) is 12.2 Å². The summed E-state index contributed by atoms with van der Waals surface area (Å²) in [6.45, 7) is 3.93. The van der Waals surface area contributed by atoms with Crippen LogP contribution in [0.3, 0.4) is 0 Å². The molecule has 0 aromatic heterocycles. The first-order valence-electron chi connectivity index (χ1n) is 5.35. The predicted molar refractivity (Wildman–Crippen MR) is 64.5 cm³/mol. The molecular weight excluding hydrogens is 226 g/mol. The predicted octanol–water partition coefficient (Wildman–Crippen LogP) is 1.37. The zero-order valence-corrected chi connectivity index (χ0v) is 10.0. The molecule has 1 aliphatic carbocycles. The van der Waals surface area contributed by atoms with Crippen LogP contribution in [0.25, 0.3) is 0 Å². The number of amides is 1. The number of aliphatic carboxylic acids is 1. The van der Waals surface area contributed by atoms with Crippen molar-refractivity contribution in [2.75, 3.05) is 18.1 Å². The van der Waals surface area contributed by atoms with Crippen LogP contribution in [-0.4, -0.2) is 46.0 Å². The number of carboxylic acids is 1. The highest BCUT2D eigenvalue weighted by Crippen LogP contribution is 2.27. The van der Waals surface area contributed by atoms with Crippen molar-refractivity contribution < 1.29 is 14.7 Å². The third-order valence-electron chi connectivity index (χ3n) is 2.34. The molecule has 0 spiro atoms. The molecular formula is C11H17NO3S. The Bertz CT molecular complexity index is 276. The molecule has 1 fully saturated rings. The molecule has 0 aromatic rings. The largest absolute Gasteiger partial charge is 0.481 e. The Hall–Kier alpha value is -0.970. The number of hydrogen-bond acceptors (Lipinski definition) is 3. The van der Waals surface area contributed by atoms with Crippen molar-refractivity contribution in [2.45, 2.75) is 25.3 Å². The number of nitrogens with zero attached hydrogens (tertiary/aromatic N) is 1. The van der Waals surface area contributed by atoms with E-state index in [1.165, 1.54) is 11.8 Å². The van der Waals surface area contributed by atoms with Crippen molar-refractivity contribution in [3.8, 4) is 0 Å². The molecule has 0 unspecified atom stereocenters. The van der Waals surface area contributed by atoms with Gasteiger partial charge in [-0.15, -0.1) is 18.3 Å². The van der Waals surface area contributed by atoms with Gasteiger partial charge in [0.2, 0.25) is 5.91 Å². The van der Waals surface area contributed by atoms with Crippen LogP contribution in [0.15, 0.2) is 12.7 Å². The quantitative estimate of drug-likeness (QED) is 0.517. The number of rotatable bonds is 8. The Labute approximate surface area is 99.7 Å². The summed E-state index contributed by atoms with van der Waals surface area (Å²) in [5.41, 5.74) is 0. The zero-order valence-electron chi connectivity index (χ0n) is 9.22. The van der Waals surface area contributed by atoms with E-state index in [9.17, 15) is 9.59 Å². The molecule has 0 aromatic carbocycles. The second-order valence-corrected chi connectivity index (χ2v) is 4.80. The molecule has 1 aliphatic rings. The Morgan fingerprint density at radius 3 is 2.69 bits per heavy atom. The molecule has 1 rings (SSSR count). The van der Waals surface area contributed by atoms with Gasteiger partial charge in [0.15, 0.2) is 0 Å². The van der Waals surface area contributed by atoms with E-state index < -0.39 is 5.97 Å². The number of carboxylic acid groups (broad SMARTS) is 1. The summed E-state index contributed by atoms with van der Waals surface area (Å²) in [4.78, 5) is 24.0. The van der Waals surface area contributed by atoms with Crippen LogP contribution < -0.4 is 0 Å². The molecule has 1 saturated carbocycles. The van der Waals surface area contributed by atoms with E-state index >= 15 is 0 Å². The maximum Gasteiger partial charge on any atom is 0.305 e. The van der Waals surface area contributed by atoms with Gasteiger partial charge < -0.3 is 10.0 Å². The summed E-state index contributed by atoms with van der Waals surface area (Å²) in [5, 5.41) is 8.60. The second kappa shape index (κ2) is 6.58. The van der Waals surface area contributed by atoms with Crippen LogP contribution in [0.4, 0.5) is 0 Å². The molecule has 4 nitrogen and oxygen atoms in total. The minimum Gasteiger partial charge on any atom is -0.481 e. The van der Waals surface area contributed by atoms with Gasteiger partial charge in [0.25, 0.3) is 0 Å². The normalized spacial score (nSPS) is 14.5. The first-order chi connectivity index (χ1) is 7.65. The monoisotopic (exact) mass is 243 g/mol. The van der Waals surface area contributed by atoms with Crippen molar-refractivity contribution in [3.05, 3.63) is 12.7 Å². The van der Waals surface area contributed by atoms with E-state index in [-0.39, 0.29) is 18.4 Å². The van der Waals surface area contributed by atoms with Gasteiger partial charge in [0, 0.05) is 18.3 Å². The highest BCUT2D eigenvalue weighted by Gasteiger charge is 2.32. The van der Waals surface area contributed by atoms with Gasteiger partial charge in [-0.1, -0.05) is 6.08 Å². The lowest BCUT2D eigenvalue weighted by molar-refractivity contribution is -0.138. The van der Waals surface area contributed by atoms with Gasteiger partial charge in [-0.05, 0) is 12.8 Å². The maximum absolute atomic E-state index is 11.8. The topological polar surface area (TPSA) is 57.6 Å². The fourth-order valence-electron chi connectivity index (χ4n) is 1.43. The Morgan fingerprint density at radius 2 is 2.19 bits per heavy atom. The van der Waals surface area contributed by atoms with Crippen LogP contribution in [0.5, 0.6) is 0 Å². The Kier molecular flexibility index (Phi) is 5.38. The molecule has 90 valence electrons. The maximum atomic E-state index is 11.8. The summed E-state index contributed by atoms with van der Waals surface area (Å²) in [6.07, 6.45) is 3.82. The van der Waals surface area contributed by atoms with Gasteiger partial charge in [-0.2, -0.15) is 0 Å². The lowest BCUT2D eigenvalue weighted by Crippen LogP contribution is -2.36. The van der Waals surface area contributed by atoms with Gasteiger partial charge in [-0.3, -0.25) is 9.59 Å². The van der Waals surface area contributed by atoms with Gasteiger partial charge in [0.1, 0.15) is 0 Å². The summed E-state index contributed by atoms with van der Waals surface area (Å²) in [5.74, 6) is 0.374. The van der Waals surface area contributed by atoms with Gasteiger partial charge >= 0.3 is 5.97 Å². The van der Waals surface area contributed by atoms with Crippen molar-refractivity contribution in [3.63, 3.8) is 0 Å². The summed E-state index contributed by atoms with van der Waals surface area (Å²) >= 11 is 1.51. The van der Waals surface area contributed by atoms with E-state index in [1.54, 1.807) is 11.0 Å². The zero-order chi connectivity index (χ0) is 12.0. The van der Waals surface area contributed by atoms with Crippen LogP contribution in [-0.2, 0) is 9.59 Å². The van der Waals surface area contributed by atoms with E-state index in [0.717, 1.165) is 18.6 Å². The van der Waals surface area contributed by atoms with Crippen molar-refractivity contribution >= 4 is 23.6 Å². The van der Waals surface area contributed by atoms with Crippen LogP contribution in [0.2, 0.25) is 0 Å². The average Bonchev–Trinajstić information content (AvgIpc) is 3.02. The molecule has 0 heterocycles. The highest BCUT2D eigenvalue weighted by atomic mass is 32.2. The first kappa shape index (κ1) is 13.1. The van der Waals surface area contributed by atoms with Crippen LogP contribution >= 0.6 is 11.8 Å². The number of hydrogen-bond donors (Lipinski definition) is 1. The fraction of sp³-hybridized carbons (Fsp3) is 0.636. The molecule has 0 bridgehead atoms. The molecule has 0 atom stereocenters. The third-order valence-corrected chi connectivity index (χ3v) is 3.26. The minimum absolute atomic E-state index is 0.0361. The average molecular weight is 243 g/mol. The number of carbonyl (C=O) groups excluding carboxylic acids is 1. The Morgan fingerprint density at radius 1 is 1.50 bits per heavy atom. The molecule has 1 amide bonds. The van der Waals surface area contributed by atoms with E-state index in [2.05, 4.69) is 6.58 Å². The molecule has 0 aliphatic heterocycles. The summed E-state index contributed by atoms with van der Waals surface area (Å²) in [7, 11) is 0. The molecule has 16 heavy (non-hydrogen) atoms. The van der Waals surface area contributed by atoms with Crippen molar-refractivity contribution in [1.82, 2.24) is 4.90 Å². The number of carbonyl (C=O) groups is 2. The number of thioether (sulfide) groups is 1. The van der Waals surface area contributed by atoms with Crippen molar-refractivity contribution in [1.29, 1.82) is 0 Å². The SMILES string of the molecule is C=CCSCC(=O)N(CCC(=O)O)C1CC1. The minimum atomic E-state index is -0.850. The van der Waals surface area contributed by atoms with Crippen molar-refractivity contribution in [2.24, 2.45) is 0 Å². The Balaban J connectivity index is 2.33. The highest BCUT2D eigenvalue weighted by molar-refractivity contribution is 8.00.